The highest BCUT2D eigenvalue weighted by atomic mass is 16.2. The summed E-state index contributed by atoms with van der Waals surface area (Å²) in [6.07, 6.45) is 8.94. The van der Waals surface area contributed by atoms with Crippen LogP contribution in [0.4, 0.5) is 0 Å². The molecule has 4 bridgehead atoms. The van der Waals surface area contributed by atoms with Crippen LogP contribution in [0.25, 0.3) is 0 Å². The van der Waals surface area contributed by atoms with Crippen molar-refractivity contribution in [2.75, 3.05) is 6.54 Å². The molecule has 0 heterocycles. The maximum Gasteiger partial charge on any atom is 0.239 e. The third kappa shape index (κ3) is 3.41. The van der Waals surface area contributed by atoms with Crippen molar-refractivity contribution >= 4 is 11.8 Å². The summed E-state index contributed by atoms with van der Waals surface area (Å²) in [6.45, 7) is 6.17. The zero-order chi connectivity index (χ0) is 16.6. The van der Waals surface area contributed by atoms with Crippen LogP contribution in [0.2, 0.25) is 0 Å². The molecule has 23 heavy (non-hydrogen) atoms. The third-order valence-electron chi connectivity index (χ3n) is 6.86. The fourth-order valence-electron chi connectivity index (χ4n) is 5.68. The number of amides is 2. The zero-order valence-electron chi connectivity index (χ0n) is 14.9. The monoisotopic (exact) mass is 320 g/mol. The number of carbonyl (C=O) groups is 2. The van der Waals surface area contributed by atoms with E-state index in [0.717, 1.165) is 24.2 Å². The standard InChI is InChI=1S/C19H32N2O2/c1-4-12(2)18(23)20-11-17(22)21-13(3)19-8-14-5-15(9-19)7-16(6-14)10-19/h12-16H,4-11H2,1-3H3,(H,20,23)(H,21,22)/t12-,13-,14?,15?,16?,19?/m1/s1. The van der Waals surface area contributed by atoms with E-state index in [1.165, 1.54) is 38.5 Å². The SMILES string of the molecule is CC[C@@H](C)C(=O)NCC(=O)N[C@H](C)C12CC3CC(CC(C3)C1)C2. The molecule has 2 amide bonds. The average molecular weight is 320 g/mol. The first kappa shape index (κ1) is 16.8. The maximum absolute atomic E-state index is 12.2. The summed E-state index contributed by atoms with van der Waals surface area (Å²) in [5.41, 5.74) is 0.325. The van der Waals surface area contributed by atoms with E-state index >= 15 is 0 Å². The van der Waals surface area contributed by atoms with Gasteiger partial charge in [-0.05, 0) is 75.0 Å². The predicted molar refractivity (Wildman–Crippen MR) is 90.7 cm³/mol. The van der Waals surface area contributed by atoms with Gasteiger partial charge in [-0.2, -0.15) is 0 Å². The molecule has 0 aromatic rings. The summed E-state index contributed by atoms with van der Waals surface area (Å²) in [4.78, 5) is 24.0. The second kappa shape index (κ2) is 6.45. The van der Waals surface area contributed by atoms with Crippen molar-refractivity contribution in [2.45, 2.75) is 71.8 Å². The summed E-state index contributed by atoms with van der Waals surface area (Å²) in [5, 5.41) is 5.96. The van der Waals surface area contributed by atoms with E-state index in [2.05, 4.69) is 17.6 Å². The minimum absolute atomic E-state index is 0.0230. The molecule has 0 unspecified atom stereocenters. The Bertz CT molecular complexity index is 439. The van der Waals surface area contributed by atoms with E-state index in [1.54, 1.807) is 0 Å². The van der Waals surface area contributed by atoms with Crippen LogP contribution in [0.5, 0.6) is 0 Å². The van der Waals surface area contributed by atoms with Crippen LogP contribution >= 0.6 is 0 Å². The maximum atomic E-state index is 12.2. The lowest BCUT2D eigenvalue weighted by molar-refractivity contribution is -0.130. The number of carbonyl (C=O) groups excluding carboxylic acids is 2. The van der Waals surface area contributed by atoms with E-state index in [1.807, 2.05) is 13.8 Å². The lowest BCUT2D eigenvalue weighted by Gasteiger charge is -2.59. The highest BCUT2D eigenvalue weighted by Crippen LogP contribution is 2.61. The molecule has 4 fully saturated rings. The molecule has 4 aliphatic rings. The van der Waals surface area contributed by atoms with E-state index < -0.39 is 0 Å². The summed E-state index contributed by atoms with van der Waals surface area (Å²) in [5.74, 6) is 2.60. The van der Waals surface area contributed by atoms with Crippen molar-refractivity contribution in [3.05, 3.63) is 0 Å². The van der Waals surface area contributed by atoms with Crippen LogP contribution in [0.15, 0.2) is 0 Å². The topological polar surface area (TPSA) is 58.2 Å². The molecule has 4 aliphatic carbocycles. The molecule has 2 N–H and O–H groups in total. The van der Waals surface area contributed by atoms with Gasteiger partial charge >= 0.3 is 0 Å². The Balaban J connectivity index is 1.52. The highest BCUT2D eigenvalue weighted by molar-refractivity contribution is 5.85. The second-order valence-electron chi connectivity index (χ2n) is 8.60. The third-order valence-corrected chi connectivity index (χ3v) is 6.86. The second-order valence-corrected chi connectivity index (χ2v) is 8.60. The normalized spacial score (nSPS) is 37.3. The smallest absolute Gasteiger partial charge is 0.239 e. The zero-order valence-corrected chi connectivity index (χ0v) is 14.9. The molecule has 4 nitrogen and oxygen atoms in total. The van der Waals surface area contributed by atoms with E-state index in [-0.39, 0.29) is 30.3 Å². The van der Waals surface area contributed by atoms with Crippen LogP contribution in [0, 0.1) is 29.1 Å². The molecule has 4 rings (SSSR count). The van der Waals surface area contributed by atoms with Crippen molar-refractivity contribution in [1.29, 1.82) is 0 Å². The van der Waals surface area contributed by atoms with Gasteiger partial charge in [0.2, 0.25) is 11.8 Å². The first-order valence-electron chi connectivity index (χ1n) is 9.49. The van der Waals surface area contributed by atoms with Gasteiger partial charge < -0.3 is 10.6 Å². The summed E-state index contributed by atoms with van der Waals surface area (Å²) in [7, 11) is 0. The minimum atomic E-state index is -0.0371. The molecule has 2 atom stereocenters. The fraction of sp³-hybridized carbons (Fsp3) is 0.895. The van der Waals surface area contributed by atoms with E-state index in [9.17, 15) is 9.59 Å². The molecule has 0 aromatic carbocycles. The highest BCUT2D eigenvalue weighted by Gasteiger charge is 2.53. The van der Waals surface area contributed by atoms with Crippen molar-refractivity contribution in [1.82, 2.24) is 10.6 Å². The van der Waals surface area contributed by atoms with Crippen LogP contribution in [0.1, 0.15) is 65.7 Å². The van der Waals surface area contributed by atoms with Gasteiger partial charge in [0, 0.05) is 12.0 Å². The quantitative estimate of drug-likeness (QED) is 0.790. The summed E-state index contributed by atoms with van der Waals surface area (Å²) in [6, 6.07) is 0.226. The molecular weight excluding hydrogens is 288 g/mol. The van der Waals surface area contributed by atoms with Crippen LogP contribution in [-0.2, 0) is 9.59 Å². The largest absolute Gasteiger partial charge is 0.352 e. The number of hydrogen-bond acceptors (Lipinski definition) is 2. The molecule has 0 aliphatic heterocycles. The lowest BCUT2D eigenvalue weighted by Crippen LogP contribution is -2.56. The van der Waals surface area contributed by atoms with Gasteiger partial charge in [0.1, 0.15) is 0 Å². The molecule has 0 aromatic heterocycles. The molecule has 130 valence electrons. The Labute approximate surface area is 140 Å². The van der Waals surface area contributed by atoms with Gasteiger partial charge in [0.05, 0.1) is 6.54 Å². The Morgan fingerprint density at radius 1 is 1.04 bits per heavy atom. The van der Waals surface area contributed by atoms with Gasteiger partial charge in [-0.25, -0.2) is 0 Å². The van der Waals surface area contributed by atoms with Crippen molar-refractivity contribution in [3.63, 3.8) is 0 Å². The molecule has 4 saturated carbocycles. The van der Waals surface area contributed by atoms with Crippen LogP contribution in [0.3, 0.4) is 0 Å². The summed E-state index contributed by atoms with van der Waals surface area (Å²) < 4.78 is 0. The van der Waals surface area contributed by atoms with Gasteiger partial charge in [-0.3, -0.25) is 9.59 Å². The van der Waals surface area contributed by atoms with Crippen molar-refractivity contribution < 1.29 is 9.59 Å². The summed E-state index contributed by atoms with van der Waals surface area (Å²) >= 11 is 0. The average Bonchev–Trinajstić information content (AvgIpc) is 2.50. The Kier molecular flexibility index (Phi) is 4.70. The minimum Gasteiger partial charge on any atom is -0.352 e. The lowest BCUT2D eigenvalue weighted by atomic mass is 9.48. The fourth-order valence-corrected chi connectivity index (χ4v) is 5.68. The number of nitrogens with one attached hydrogen (secondary N) is 2. The van der Waals surface area contributed by atoms with Gasteiger partial charge in [0.25, 0.3) is 0 Å². The predicted octanol–water partition coefficient (Wildman–Crippen LogP) is 2.87. The Morgan fingerprint density at radius 2 is 1.57 bits per heavy atom. The van der Waals surface area contributed by atoms with Gasteiger partial charge in [0.15, 0.2) is 0 Å². The first-order valence-corrected chi connectivity index (χ1v) is 9.49. The van der Waals surface area contributed by atoms with Gasteiger partial charge in [-0.15, -0.1) is 0 Å². The molecule has 0 spiro atoms. The first-order chi connectivity index (χ1) is 10.9. The van der Waals surface area contributed by atoms with Crippen molar-refractivity contribution in [3.8, 4) is 0 Å². The molecule has 0 radical (unpaired) electrons. The van der Waals surface area contributed by atoms with Crippen LogP contribution < -0.4 is 10.6 Å². The van der Waals surface area contributed by atoms with E-state index in [0.29, 0.717) is 5.41 Å². The van der Waals surface area contributed by atoms with Crippen molar-refractivity contribution in [2.24, 2.45) is 29.1 Å². The molecule has 0 saturated heterocycles. The van der Waals surface area contributed by atoms with E-state index in [4.69, 9.17) is 0 Å². The molecular formula is C19H32N2O2. The van der Waals surface area contributed by atoms with Crippen LogP contribution in [-0.4, -0.2) is 24.4 Å². The number of hydrogen-bond donors (Lipinski definition) is 2. The Morgan fingerprint density at radius 3 is 2.04 bits per heavy atom. The number of rotatable bonds is 6. The van der Waals surface area contributed by atoms with Gasteiger partial charge in [-0.1, -0.05) is 13.8 Å². The molecule has 4 heteroatoms. The Hall–Kier alpha value is -1.06.